The Morgan fingerprint density at radius 2 is 1.81 bits per heavy atom. The number of nitrogens with one attached hydrogen (secondary N) is 1. The van der Waals surface area contributed by atoms with Crippen LogP contribution < -0.4 is 5.32 Å². The molecule has 0 bridgehead atoms. The molecule has 2 atom stereocenters. The van der Waals surface area contributed by atoms with Crippen molar-refractivity contribution < 1.29 is 14.4 Å². The van der Waals surface area contributed by atoms with E-state index in [0.717, 1.165) is 11.1 Å². The highest BCUT2D eigenvalue weighted by Crippen LogP contribution is 2.27. The second-order valence-corrected chi connectivity index (χ2v) is 9.96. The number of benzene rings is 2. The summed E-state index contributed by atoms with van der Waals surface area (Å²) in [5.41, 5.74) is 2.17. The summed E-state index contributed by atoms with van der Waals surface area (Å²) in [5, 5.41) is 3.66. The molecule has 7 heteroatoms. The van der Waals surface area contributed by atoms with Gasteiger partial charge in [-0.2, -0.15) is 0 Å². The van der Waals surface area contributed by atoms with Crippen molar-refractivity contribution in [2.75, 3.05) is 6.54 Å². The summed E-state index contributed by atoms with van der Waals surface area (Å²) in [4.78, 5) is 42.5. The van der Waals surface area contributed by atoms with Gasteiger partial charge >= 0.3 is 0 Å². The molecule has 32 heavy (non-hydrogen) atoms. The largest absolute Gasteiger partial charge is 0.349 e. The standard InChI is InChI=1S/C25H28ClN3O3/c1-25(2,3)29-15-19(13-22(29)30)27-23(31)21(12-16-8-10-18(26)11-9-16)28-14-17-6-4-5-7-20(17)24(28)32/h4-11,19,21H,12-15H2,1-3H3,(H,27,31). The van der Waals surface area contributed by atoms with Crippen molar-refractivity contribution in [1.29, 1.82) is 0 Å². The normalized spacial score (nSPS) is 19.3. The maximum Gasteiger partial charge on any atom is 0.255 e. The molecular weight excluding hydrogens is 426 g/mol. The molecule has 2 aromatic rings. The van der Waals surface area contributed by atoms with Crippen molar-refractivity contribution in [1.82, 2.24) is 15.1 Å². The summed E-state index contributed by atoms with van der Waals surface area (Å²) in [6, 6.07) is 13.8. The van der Waals surface area contributed by atoms with Crippen molar-refractivity contribution in [2.45, 2.75) is 57.8 Å². The van der Waals surface area contributed by atoms with Gasteiger partial charge in [0.25, 0.3) is 5.91 Å². The summed E-state index contributed by atoms with van der Waals surface area (Å²) < 4.78 is 0. The van der Waals surface area contributed by atoms with Crippen molar-refractivity contribution >= 4 is 29.3 Å². The van der Waals surface area contributed by atoms with Crippen LogP contribution in [0.25, 0.3) is 0 Å². The number of rotatable bonds is 5. The molecule has 1 N–H and O–H groups in total. The van der Waals surface area contributed by atoms with E-state index in [4.69, 9.17) is 11.6 Å². The third-order valence-electron chi connectivity index (χ3n) is 6.15. The first kappa shape index (κ1) is 22.3. The van der Waals surface area contributed by atoms with Crippen LogP contribution in [-0.4, -0.2) is 51.7 Å². The van der Waals surface area contributed by atoms with Crippen LogP contribution in [-0.2, 0) is 22.6 Å². The Morgan fingerprint density at radius 1 is 1.12 bits per heavy atom. The zero-order chi connectivity index (χ0) is 23.0. The summed E-state index contributed by atoms with van der Waals surface area (Å²) >= 11 is 6.02. The van der Waals surface area contributed by atoms with Gasteiger partial charge in [0.1, 0.15) is 6.04 Å². The van der Waals surface area contributed by atoms with Gasteiger partial charge in [0.15, 0.2) is 0 Å². The lowest BCUT2D eigenvalue weighted by atomic mass is 10.0. The highest BCUT2D eigenvalue weighted by atomic mass is 35.5. The number of amides is 3. The SMILES string of the molecule is CC(C)(C)N1CC(NC(=O)C(Cc2ccc(Cl)cc2)N2Cc3ccccc3C2=O)CC1=O. The van der Waals surface area contributed by atoms with Gasteiger partial charge in [0.05, 0.1) is 6.04 Å². The summed E-state index contributed by atoms with van der Waals surface area (Å²) in [7, 11) is 0. The average Bonchev–Trinajstić information content (AvgIpc) is 3.27. The van der Waals surface area contributed by atoms with Gasteiger partial charge in [-0.1, -0.05) is 41.9 Å². The second-order valence-electron chi connectivity index (χ2n) is 9.52. The predicted octanol–water partition coefficient (Wildman–Crippen LogP) is 3.42. The van der Waals surface area contributed by atoms with Crippen LogP contribution in [0.4, 0.5) is 0 Å². The molecule has 2 heterocycles. The Morgan fingerprint density at radius 3 is 2.44 bits per heavy atom. The first-order chi connectivity index (χ1) is 15.1. The summed E-state index contributed by atoms with van der Waals surface area (Å²) in [6.45, 7) is 6.81. The van der Waals surface area contributed by atoms with Crippen LogP contribution in [0.1, 0.15) is 48.7 Å². The third-order valence-corrected chi connectivity index (χ3v) is 6.40. The van der Waals surface area contributed by atoms with Crippen LogP contribution in [0.3, 0.4) is 0 Å². The fraction of sp³-hybridized carbons (Fsp3) is 0.400. The van der Waals surface area contributed by atoms with E-state index in [1.165, 1.54) is 0 Å². The molecule has 4 rings (SSSR count). The van der Waals surface area contributed by atoms with Gasteiger partial charge in [-0.05, 0) is 50.1 Å². The Labute approximate surface area is 193 Å². The van der Waals surface area contributed by atoms with Gasteiger partial charge in [-0.3, -0.25) is 14.4 Å². The van der Waals surface area contributed by atoms with Crippen molar-refractivity contribution in [2.24, 2.45) is 0 Å². The lowest BCUT2D eigenvalue weighted by Gasteiger charge is -2.32. The molecule has 2 aliphatic rings. The third kappa shape index (κ3) is 4.51. The number of halogens is 1. The molecular formula is C25H28ClN3O3. The Kier molecular flexibility index (Phi) is 5.99. The van der Waals surface area contributed by atoms with Gasteiger partial charge in [-0.25, -0.2) is 0 Å². The molecule has 3 amide bonds. The molecule has 0 radical (unpaired) electrons. The molecule has 0 aromatic heterocycles. The predicted molar refractivity (Wildman–Crippen MR) is 123 cm³/mol. The topological polar surface area (TPSA) is 69.7 Å². The van der Waals surface area contributed by atoms with E-state index >= 15 is 0 Å². The number of likely N-dealkylation sites (tertiary alicyclic amines) is 1. The maximum absolute atomic E-state index is 13.5. The average molecular weight is 454 g/mol. The van der Waals surface area contributed by atoms with Crippen molar-refractivity contribution in [3.05, 3.63) is 70.2 Å². The van der Waals surface area contributed by atoms with Crippen molar-refractivity contribution in [3.8, 4) is 0 Å². The van der Waals surface area contributed by atoms with Crippen LogP contribution in [0, 0.1) is 0 Å². The molecule has 1 fully saturated rings. The second kappa shape index (κ2) is 8.58. The van der Waals surface area contributed by atoms with Crippen LogP contribution in [0.5, 0.6) is 0 Å². The highest BCUT2D eigenvalue weighted by Gasteiger charge is 2.40. The number of fused-ring (bicyclic) bond motifs is 1. The van der Waals surface area contributed by atoms with E-state index in [1.807, 2.05) is 51.1 Å². The minimum Gasteiger partial charge on any atom is -0.349 e. The molecule has 168 valence electrons. The zero-order valence-electron chi connectivity index (χ0n) is 18.6. The van der Waals surface area contributed by atoms with E-state index < -0.39 is 6.04 Å². The number of carbonyl (C=O) groups is 3. The molecule has 2 aromatic carbocycles. The molecule has 0 saturated carbocycles. The molecule has 0 spiro atoms. The molecule has 2 aliphatic heterocycles. The first-order valence-corrected chi connectivity index (χ1v) is 11.3. The monoisotopic (exact) mass is 453 g/mol. The smallest absolute Gasteiger partial charge is 0.255 e. The lowest BCUT2D eigenvalue weighted by Crippen LogP contribution is -2.52. The van der Waals surface area contributed by atoms with E-state index in [9.17, 15) is 14.4 Å². The molecule has 6 nitrogen and oxygen atoms in total. The van der Waals surface area contributed by atoms with E-state index in [1.54, 1.807) is 28.0 Å². The number of hydrogen-bond donors (Lipinski definition) is 1. The fourth-order valence-corrected chi connectivity index (χ4v) is 4.59. The zero-order valence-corrected chi connectivity index (χ0v) is 19.4. The van der Waals surface area contributed by atoms with E-state index in [2.05, 4.69) is 5.32 Å². The van der Waals surface area contributed by atoms with Crippen LogP contribution >= 0.6 is 11.6 Å². The van der Waals surface area contributed by atoms with Crippen LogP contribution in [0.15, 0.2) is 48.5 Å². The Bertz CT molecular complexity index is 1050. The number of carbonyl (C=O) groups excluding carboxylic acids is 3. The quantitative estimate of drug-likeness (QED) is 0.754. The van der Waals surface area contributed by atoms with Gasteiger partial charge < -0.3 is 15.1 Å². The lowest BCUT2D eigenvalue weighted by molar-refractivity contribution is -0.131. The summed E-state index contributed by atoms with van der Waals surface area (Å²) in [6.07, 6.45) is 0.636. The maximum atomic E-state index is 13.5. The fourth-order valence-electron chi connectivity index (χ4n) is 4.47. The first-order valence-electron chi connectivity index (χ1n) is 10.9. The molecule has 1 saturated heterocycles. The Hall–Kier alpha value is -2.86. The number of nitrogens with zero attached hydrogens (tertiary/aromatic N) is 2. The minimum absolute atomic E-state index is 0.0294. The van der Waals surface area contributed by atoms with Gasteiger partial charge in [0.2, 0.25) is 11.8 Å². The van der Waals surface area contributed by atoms with E-state index in [0.29, 0.717) is 30.1 Å². The van der Waals surface area contributed by atoms with Crippen LogP contribution in [0.2, 0.25) is 5.02 Å². The van der Waals surface area contributed by atoms with E-state index in [-0.39, 0.29) is 35.7 Å². The van der Waals surface area contributed by atoms with Crippen molar-refractivity contribution in [3.63, 3.8) is 0 Å². The molecule has 2 unspecified atom stereocenters. The minimum atomic E-state index is -0.685. The molecule has 0 aliphatic carbocycles. The van der Waals surface area contributed by atoms with Gasteiger partial charge in [0, 0.05) is 42.1 Å². The Balaban J connectivity index is 1.55. The van der Waals surface area contributed by atoms with Gasteiger partial charge in [-0.15, -0.1) is 0 Å². The highest BCUT2D eigenvalue weighted by molar-refractivity contribution is 6.30. The summed E-state index contributed by atoms with van der Waals surface area (Å²) in [5.74, 6) is -0.357. The number of hydrogen-bond acceptors (Lipinski definition) is 3.